The molecule has 0 radical (unpaired) electrons. The monoisotopic (exact) mass is 396 g/mol. The lowest BCUT2D eigenvalue weighted by atomic mass is 9.92. The highest BCUT2D eigenvalue weighted by atomic mass is 16.5. The largest absolute Gasteiger partial charge is 0.507 e. The van der Waals surface area contributed by atoms with Gasteiger partial charge in [-0.3, -0.25) is 4.79 Å². The minimum Gasteiger partial charge on any atom is -0.507 e. The first kappa shape index (κ1) is 20.6. The fraction of sp³-hybridized carbons (Fsp3) is 0.261. The van der Waals surface area contributed by atoms with Gasteiger partial charge in [0, 0.05) is 12.1 Å². The van der Waals surface area contributed by atoms with E-state index in [9.17, 15) is 20.1 Å². The molecule has 0 saturated heterocycles. The Kier molecular flexibility index (Phi) is 6.69. The van der Waals surface area contributed by atoms with Gasteiger partial charge in [0.25, 0.3) is 0 Å². The van der Waals surface area contributed by atoms with Gasteiger partial charge < -0.3 is 24.8 Å². The number of allylic oxidation sites excluding steroid dienone is 4. The molecule has 152 valence electrons. The van der Waals surface area contributed by atoms with Crippen molar-refractivity contribution < 1.29 is 29.6 Å². The first-order valence-electron chi connectivity index (χ1n) is 9.38. The molecule has 3 rings (SSSR count). The summed E-state index contributed by atoms with van der Waals surface area (Å²) in [6.07, 6.45) is 12.3. The van der Waals surface area contributed by atoms with Crippen LogP contribution >= 0.6 is 0 Å². The number of ether oxygens (including phenoxy) is 2. The van der Waals surface area contributed by atoms with Gasteiger partial charge in [-0.2, -0.15) is 0 Å². The quantitative estimate of drug-likeness (QED) is 0.613. The number of phenolic OH excluding ortho intramolecular Hbond substituents is 1. The summed E-state index contributed by atoms with van der Waals surface area (Å²) in [5.41, 5.74) is 0.942. The molecule has 3 unspecified atom stereocenters. The molecule has 1 aromatic carbocycles. The number of carbonyl (C=O) groups is 1. The van der Waals surface area contributed by atoms with Crippen molar-refractivity contribution in [1.82, 2.24) is 0 Å². The van der Waals surface area contributed by atoms with Gasteiger partial charge in [-0.15, -0.1) is 0 Å². The topological polar surface area (TPSA) is 96.2 Å². The zero-order valence-corrected chi connectivity index (χ0v) is 15.9. The molecule has 0 bridgehead atoms. The number of carbonyl (C=O) groups excluding carboxylic acids is 1. The number of hydrogen-bond acceptors (Lipinski definition) is 6. The number of ketones is 1. The number of Topliss-reactive ketones (excluding diaryl/α,β-unsaturated/α-hetero) is 1. The number of aliphatic hydroxyl groups excluding tert-OH is 2. The number of hydrogen-bond donors (Lipinski definition) is 3. The second-order valence-electron chi connectivity index (χ2n) is 6.80. The maximum atomic E-state index is 12.5. The van der Waals surface area contributed by atoms with E-state index in [0.29, 0.717) is 6.42 Å². The van der Waals surface area contributed by atoms with E-state index in [1.807, 2.05) is 6.08 Å². The molecule has 2 aliphatic rings. The highest BCUT2D eigenvalue weighted by Gasteiger charge is 2.32. The second kappa shape index (κ2) is 9.41. The Morgan fingerprint density at radius 3 is 2.86 bits per heavy atom. The van der Waals surface area contributed by atoms with Gasteiger partial charge in [0.1, 0.15) is 41.6 Å². The van der Waals surface area contributed by atoms with E-state index in [2.05, 4.69) is 6.58 Å². The zero-order valence-electron chi connectivity index (χ0n) is 15.9. The first-order chi connectivity index (χ1) is 14.0. The van der Waals surface area contributed by atoms with Crippen molar-refractivity contribution in [3.8, 4) is 17.2 Å². The lowest BCUT2D eigenvalue weighted by Gasteiger charge is -2.28. The fourth-order valence-electron chi connectivity index (χ4n) is 3.12. The first-order valence-corrected chi connectivity index (χ1v) is 9.38. The van der Waals surface area contributed by atoms with E-state index >= 15 is 0 Å². The lowest BCUT2D eigenvalue weighted by Crippen LogP contribution is -2.29. The van der Waals surface area contributed by atoms with Crippen LogP contribution in [0.2, 0.25) is 0 Å². The minimum absolute atomic E-state index is 0.0280. The third-order valence-electron chi connectivity index (χ3n) is 4.56. The molecule has 0 saturated carbocycles. The van der Waals surface area contributed by atoms with Crippen LogP contribution in [0.25, 0.3) is 0 Å². The van der Waals surface area contributed by atoms with Crippen LogP contribution < -0.4 is 9.47 Å². The van der Waals surface area contributed by atoms with Crippen molar-refractivity contribution in [1.29, 1.82) is 0 Å². The highest BCUT2D eigenvalue weighted by molar-refractivity contribution is 6.03. The van der Waals surface area contributed by atoms with E-state index in [-0.39, 0.29) is 41.6 Å². The normalized spacial score (nSPS) is 22.3. The molecule has 6 nitrogen and oxygen atoms in total. The molecule has 1 aliphatic heterocycles. The molecule has 3 N–H and O–H groups in total. The summed E-state index contributed by atoms with van der Waals surface area (Å²) in [4.78, 5) is 12.5. The minimum atomic E-state index is -0.845. The Bertz CT molecular complexity index is 893. The van der Waals surface area contributed by atoms with Crippen molar-refractivity contribution in [2.75, 3.05) is 6.61 Å². The molecule has 6 heteroatoms. The summed E-state index contributed by atoms with van der Waals surface area (Å²) < 4.78 is 11.5. The smallest absolute Gasteiger partial charge is 0.174 e. The maximum absolute atomic E-state index is 12.5. The number of aliphatic hydroxyl groups is 2. The van der Waals surface area contributed by atoms with E-state index < -0.39 is 18.3 Å². The third-order valence-corrected chi connectivity index (χ3v) is 4.56. The number of benzene rings is 1. The van der Waals surface area contributed by atoms with Crippen molar-refractivity contribution in [3.05, 3.63) is 78.5 Å². The Balaban J connectivity index is 1.71. The van der Waals surface area contributed by atoms with Crippen LogP contribution in [0.3, 0.4) is 0 Å². The van der Waals surface area contributed by atoms with Crippen molar-refractivity contribution in [2.24, 2.45) is 0 Å². The lowest BCUT2D eigenvalue weighted by molar-refractivity contribution is 0.0880. The van der Waals surface area contributed by atoms with E-state index in [4.69, 9.17) is 9.47 Å². The number of aromatic hydroxyl groups is 1. The molecule has 0 spiro atoms. The average molecular weight is 396 g/mol. The van der Waals surface area contributed by atoms with Gasteiger partial charge in [0.15, 0.2) is 5.78 Å². The summed E-state index contributed by atoms with van der Waals surface area (Å²) in [7, 11) is 0. The standard InChI is InChI=1S/C23H24O6/c1-2-3-4-5-6-17(25)14-28-18-11-19(26)23-20(27)13-21(29-22(23)12-18)15-7-9-16(24)10-8-15/h2-9,11-12,16-17,21,24-26H,1,10,13-14H2/b4-3-,6-5+. The molecule has 0 fully saturated rings. The summed E-state index contributed by atoms with van der Waals surface area (Å²) in [5.74, 6) is 0.0779. The Labute approximate surface area is 169 Å². The molecule has 0 aromatic heterocycles. The van der Waals surface area contributed by atoms with Crippen LogP contribution in [0, 0.1) is 0 Å². The Morgan fingerprint density at radius 1 is 1.31 bits per heavy atom. The van der Waals surface area contributed by atoms with E-state index in [1.165, 1.54) is 12.1 Å². The van der Waals surface area contributed by atoms with Crippen LogP contribution in [0.1, 0.15) is 23.2 Å². The summed E-state index contributed by atoms with van der Waals surface area (Å²) in [6.45, 7) is 3.53. The van der Waals surface area contributed by atoms with Crippen molar-refractivity contribution in [2.45, 2.75) is 31.2 Å². The second-order valence-corrected chi connectivity index (χ2v) is 6.80. The Hall–Kier alpha value is -3.09. The molecule has 1 aromatic rings. The van der Waals surface area contributed by atoms with Gasteiger partial charge in [-0.25, -0.2) is 0 Å². The van der Waals surface area contributed by atoms with Crippen LogP contribution in [0.15, 0.2) is 72.9 Å². The van der Waals surface area contributed by atoms with Crippen molar-refractivity contribution >= 4 is 5.78 Å². The predicted octanol–water partition coefficient (Wildman–Crippen LogP) is 3.01. The van der Waals surface area contributed by atoms with Gasteiger partial charge in [0.2, 0.25) is 0 Å². The molecule has 1 heterocycles. The Morgan fingerprint density at radius 2 is 2.14 bits per heavy atom. The molecule has 29 heavy (non-hydrogen) atoms. The van der Waals surface area contributed by atoms with Crippen molar-refractivity contribution in [3.63, 3.8) is 0 Å². The average Bonchev–Trinajstić information content (AvgIpc) is 2.69. The van der Waals surface area contributed by atoms with Crippen LogP contribution in [0.4, 0.5) is 0 Å². The molecule has 0 amide bonds. The van der Waals surface area contributed by atoms with Gasteiger partial charge in [-0.05, 0) is 12.0 Å². The summed E-state index contributed by atoms with van der Waals surface area (Å²) in [5, 5.41) is 29.8. The van der Waals surface area contributed by atoms with E-state index in [1.54, 1.807) is 42.5 Å². The van der Waals surface area contributed by atoms with E-state index in [0.717, 1.165) is 5.57 Å². The van der Waals surface area contributed by atoms with Gasteiger partial charge >= 0.3 is 0 Å². The molecule has 3 atom stereocenters. The van der Waals surface area contributed by atoms with Crippen LogP contribution in [-0.4, -0.2) is 46.0 Å². The number of phenols is 1. The maximum Gasteiger partial charge on any atom is 0.174 e. The third kappa shape index (κ3) is 5.25. The van der Waals surface area contributed by atoms with Gasteiger partial charge in [-0.1, -0.05) is 55.2 Å². The molecular formula is C23H24O6. The zero-order chi connectivity index (χ0) is 20.8. The summed E-state index contributed by atoms with van der Waals surface area (Å²) in [6, 6.07) is 2.87. The van der Waals surface area contributed by atoms with Gasteiger partial charge in [0.05, 0.1) is 12.5 Å². The predicted molar refractivity (Wildman–Crippen MR) is 109 cm³/mol. The fourth-order valence-corrected chi connectivity index (χ4v) is 3.12. The van der Waals surface area contributed by atoms with Crippen LogP contribution in [-0.2, 0) is 0 Å². The summed E-state index contributed by atoms with van der Waals surface area (Å²) >= 11 is 0. The highest BCUT2D eigenvalue weighted by Crippen LogP contribution is 2.39. The number of fused-ring (bicyclic) bond motifs is 1. The number of rotatable bonds is 7. The van der Waals surface area contributed by atoms with Crippen LogP contribution in [0.5, 0.6) is 17.2 Å². The molecular weight excluding hydrogens is 372 g/mol. The molecule has 1 aliphatic carbocycles. The SMILES string of the molecule is C=C/C=C\C=C\C(O)COc1cc(O)c2c(c1)OC(C1=CCC(O)C=C1)CC2=O.